The summed E-state index contributed by atoms with van der Waals surface area (Å²) in [5.41, 5.74) is -0.225. The number of H-pyrrole nitrogens is 1. The Morgan fingerprint density at radius 3 is 2.50 bits per heavy atom. The number of aromatic nitrogens is 2. The Bertz CT molecular complexity index is 446. The summed E-state index contributed by atoms with van der Waals surface area (Å²) >= 11 is 0. The van der Waals surface area contributed by atoms with Crippen LogP contribution in [0.15, 0.2) is 15.9 Å². The van der Waals surface area contributed by atoms with Gasteiger partial charge in [0.25, 0.3) is 0 Å². The predicted molar refractivity (Wildman–Crippen MR) is 42.7 cm³/mol. The van der Waals surface area contributed by atoms with Gasteiger partial charge in [0.15, 0.2) is 9.84 Å². The molecule has 0 fully saturated rings. The van der Waals surface area contributed by atoms with Crippen LogP contribution in [0.3, 0.4) is 0 Å². The van der Waals surface area contributed by atoms with Gasteiger partial charge in [-0.3, -0.25) is 0 Å². The van der Waals surface area contributed by atoms with Crippen molar-refractivity contribution in [2.45, 2.75) is 11.8 Å². The molecule has 0 amide bonds. The maximum Gasteiger partial charge on any atom is 0.345 e. The highest BCUT2D eigenvalue weighted by atomic mass is 32.2. The van der Waals surface area contributed by atoms with Gasteiger partial charge < -0.3 is 4.98 Å². The number of hydrogen-bond donors (Lipinski definition) is 1. The third kappa shape index (κ3) is 1.70. The molecule has 1 rings (SSSR count). The lowest BCUT2D eigenvalue weighted by Gasteiger charge is -1.99. The number of aryl methyl sites for hydroxylation is 1. The van der Waals surface area contributed by atoms with E-state index < -0.39 is 15.5 Å². The zero-order valence-corrected chi connectivity index (χ0v) is 7.47. The fourth-order valence-corrected chi connectivity index (χ4v) is 1.69. The summed E-state index contributed by atoms with van der Waals surface area (Å²) in [5.74, 6) is 0. The molecule has 0 aliphatic rings. The molecule has 0 aromatic carbocycles. The van der Waals surface area contributed by atoms with Gasteiger partial charge in [-0.25, -0.2) is 18.2 Å². The van der Waals surface area contributed by atoms with Gasteiger partial charge >= 0.3 is 5.69 Å². The van der Waals surface area contributed by atoms with Crippen molar-refractivity contribution in [2.24, 2.45) is 0 Å². The molecule has 12 heavy (non-hydrogen) atoms. The molecule has 0 spiro atoms. The van der Waals surface area contributed by atoms with Gasteiger partial charge in [-0.05, 0) is 6.92 Å². The van der Waals surface area contributed by atoms with Gasteiger partial charge in [0.1, 0.15) is 4.90 Å². The van der Waals surface area contributed by atoms with Crippen LogP contribution in [0.25, 0.3) is 0 Å². The van der Waals surface area contributed by atoms with Crippen molar-refractivity contribution in [3.8, 4) is 0 Å². The summed E-state index contributed by atoms with van der Waals surface area (Å²) in [6, 6.07) is 0. The molecular weight excluding hydrogens is 180 g/mol. The van der Waals surface area contributed by atoms with Gasteiger partial charge in [-0.2, -0.15) is 0 Å². The minimum absolute atomic E-state index is 0.0575. The van der Waals surface area contributed by atoms with E-state index >= 15 is 0 Å². The first-order valence-corrected chi connectivity index (χ1v) is 5.06. The lowest BCUT2D eigenvalue weighted by Crippen LogP contribution is -2.14. The average molecular weight is 188 g/mol. The molecule has 0 saturated heterocycles. The minimum Gasteiger partial charge on any atom is -0.309 e. The zero-order valence-electron chi connectivity index (χ0n) is 6.66. The maximum absolute atomic E-state index is 11.0. The van der Waals surface area contributed by atoms with Gasteiger partial charge in [0.05, 0.1) is 6.20 Å². The number of rotatable bonds is 1. The van der Waals surface area contributed by atoms with Crippen molar-refractivity contribution in [3.05, 3.63) is 22.4 Å². The van der Waals surface area contributed by atoms with Gasteiger partial charge in [0.2, 0.25) is 0 Å². The van der Waals surface area contributed by atoms with E-state index in [9.17, 15) is 13.2 Å². The number of nitrogens with zero attached hydrogens (tertiary/aromatic N) is 1. The first-order chi connectivity index (χ1) is 5.41. The van der Waals surface area contributed by atoms with E-state index in [2.05, 4.69) is 9.97 Å². The van der Waals surface area contributed by atoms with Crippen LogP contribution in [0.5, 0.6) is 0 Å². The average Bonchev–Trinajstić information content (AvgIpc) is 1.83. The molecule has 66 valence electrons. The van der Waals surface area contributed by atoms with Crippen molar-refractivity contribution in [2.75, 3.05) is 6.26 Å². The van der Waals surface area contributed by atoms with Crippen LogP contribution in [-0.2, 0) is 9.84 Å². The van der Waals surface area contributed by atoms with Crippen LogP contribution in [0.4, 0.5) is 0 Å². The first kappa shape index (κ1) is 8.92. The lowest BCUT2D eigenvalue weighted by molar-refractivity contribution is 0.600. The summed E-state index contributed by atoms with van der Waals surface area (Å²) in [4.78, 5) is 16.3. The molecule has 0 aliphatic carbocycles. The van der Waals surface area contributed by atoms with Crippen molar-refractivity contribution in [1.29, 1.82) is 0 Å². The Morgan fingerprint density at radius 1 is 1.50 bits per heavy atom. The highest BCUT2D eigenvalue weighted by Gasteiger charge is 2.10. The van der Waals surface area contributed by atoms with E-state index in [0.29, 0.717) is 5.69 Å². The smallest absolute Gasteiger partial charge is 0.309 e. The van der Waals surface area contributed by atoms with Crippen molar-refractivity contribution < 1.29 is 8.42 Å². The molecule has 6 heteroatoms. The normalized spacial score (nSPS) is 11.5. The molecule has 1 aromatic rings. The second kappa shape index (κ2) is 2.71. The lowest BCUT2D eigenvalue weighted by atomic mass is 10.5. The minimum atomic E-state index is -3.28. The van der Waals surface area contributed by atoms with Gasteiger partial charge in [-0.1, -0.05) is 0 Å². The predicted octanol–water partition coefficient (Wildman–Crippen LogP) is -0.518. The zero-order chi connectivity index (χ0) is 9.35. The van der Waals surface area contributed by atoms with E-state index in [4.69, 9.17) is 0 Å². The number of sulfone groups is 1. The molecule has 1 N–H and O–H groups in total. The van der Waals surface area contributed by atoms with E-state index in [1.54, 1.807) is 0 Å². The summed E-state index contributed by atoms with van der Waals surface area (Å²) < 4.78 is 22.0. The molecule has 0 radical (unpaired) electrons. The molecule has 0 unspecified atom stereocenters. The number of nitrogens with one attached hydrogen (secondary N) is 1. The standard InChI is InChI=1S/C6H8N2O3S/c1-4-5(12(2,10)11)3-7-6(9)8-4/h3H,1-2H3,(H,7,8,9). The van der Waals surface area contributed by atoms with Crippen LogP contribution in [0.2, 0.25) is 0 Å². The van der Waals surface area contributed by atoms with Crippen molar-refractivity contribution >= 4 is 9.84 Å². The Kier molecular flexibility index (Phi) is 2.01. The second-order valence-electron chi connectivity index (χ2n) is 2.45. The monoisotopic (exact) mass is 188 g/mol. The fourth-order valence-electron chi connectivity index (χ4n) is 0.842. The number of hydrogen-bond acceptors (Lipinski definition) is 4. The van der Waals surface area contributed by atoms with E-state index in [-0.39, 0.29) is 4.90 Å². The molecule has 5 nitrogen and oxygen atoms in total. The SMILES string of the molecule is Cc1[nH]c(=O)ncc1S(C)(=O)=O. The molecule has 0 aliphatic heterocycles. The number of aromatic amines is 1. The fraction of sp³-hybridized carbons (Fsp3) is 0.333. The summed E-state index contributed by atoms with van der Waals surface area (Å²) in [6.07, 6.45) is 2.12. The van der Waals surface area contributed by atoms with E-state index in [1.807, 2.05) is 0 Å². The third-order valence-electron chi connectivity index (χ3n) is 1.36. The molecule has 0 atom stereocenters. The molecule has 0 bridgehead atoms. The summed E-state index contributed by atoms with van der Waals surface area (Å²) in [5, 5.41) is 0. The van der Waals surface area contributed by atoms with Crippen LogP contribution in [-0.4, -0.2) is 24.6 Å². The topological polar surface area (TPSA) is 79.9 Å². The first-order valence-electron chi connectivity index (χ1n) is 3.17. The Labute approximate surface area is 69.4 Å². The largest absolute Gasteiger partial charge is 0.345 e. The maximum atomic E-state index is 11.0. The highest BCUT2D eigenvalue weighted by molar-refractivity contribution is 7.90. The van der Waals surface area contributed by atoms with Crippen LogP contribution >= 0.6 is 0 Å². The third-order valence-corrected chi connectivity index (χ3v) is 2.57. The van der Waals surface area contributed by atoms with E-state index in [1.165, 1.54) is 6.92 Å². The Morgan fingerprint density at radius 2 is 2.08 bits per heavy atom. The van der Waals surface area contributed by atoms with E-state index in [0.717, 1.165) is 12.5 Å². The molecular formula is C6H8N2O3S. The summed E-state index contributed by atoms with van der Waals surface area (Å²) in [7, 11) is -3.28. The Balaban J connectivity index is 3.49. The Hall–Kier alpha value is -1.17. The highest BCUT2D eigenvalue weighted by Crippen LogP contribution is 2.07. The van der Waals surface area contributed by atoms with Gasteiger partial charge in [-0.15, -0.1) is 0 Å². The van der Waals surface area contributed by atoms with Crippen molar-refractivity contribution in [3.63, 3.8) is 0 Å². The van der Waals surface area contributed by atoms with Crippen LogP contribution in [0.1, 0.15) is 5.69 Å². The second-order valence-corrected chi connectivity index (χ2v) is 4.43. The van der Waals surface area contributed by atoms with Crippen molar-refractivity contribution in [1.82, 2.24) is 9.97 Å². The summed E-state index contributed by atoms with van der Waals surface area (Å²) in [6.45, 7) is 1.51. The molecule has 1 aromatic heterocycles. The van der Waals surface area contributed by atoms with Gasteiger partial charge in [0, 0.05) is 11.9 Å². The quantitative estimate of drug-likeness (QED) is 0.643. The van der Waals surface area contributed by atoms with Crippen LogP contribution < -0.4 is 5.69 Å². The molecule has 0 saturated carbocycles. The molecule has 1 heterocycles. The van der Waals surface area contributed by atoms with Crippen LogP contribution in [0, 0.1) is 6.92 Å².